The Morgan fingerprint density at radius 2 is 2.00 bits per heavy atom. The third kappa shape index (κ3) is 2.56. The third-order valence-electron chi connectivity index (χ3n) is 4.17. The van der Waals surface area contributed by atoms with Crippen molar-refractivity contribution in [3.63, 3.8) is 0 Å². The van der Waals surface area contributed by atoms with Gasteiger partial charge in [-0.05, 0) is 13.0 Å². The lowest BCUT2D eigenvalue weighted by atomic mass is 10.1. The zero-order valence-corrected chi connectivity index (χ0v) is 15.0. The number of thiazole rings is 1. The highest BCUT2D eigenvalue weighted by Gasteiger charge is 2.20. The number of aryl methyl sites for hydroxylation is 1. The van der Waals surface area contributed by atoms with E-state index in [4.69, 9.17) is 0 Å². The van der Waals surface area contributed by atoms with Crippen molar-refractivity contribution in [2.24, 2.45) is 0 Å². The molecule has 1 amide bonds. The van der Waals surface area contributed by atoms with E-state index in [2.05, 4.69) is 25.4 Å². The molecular formula is C18H13N7OS. The Bertz CT molecular complexity index is 1290. The van der Waals surface area contributed by atoms with Crippen LogP contribution in [0.1, 0.15) is 16.3 Å². The van der Waals surface area contributed by atoms with E-state index < -0.39 is 5.91 Å². The van der Waals surface area contributed by atoms with Gasteiger partial charge in [0.15, 0.2) is 4.96 Å². The van der Waals surface area contributed by atoms with Gasteiger partial charge in [0.05, 0.1) is 0 Å². The van der Waals surface area contributed by atoms with Gasteiger partial charge >= 0.3 is 0 Å². The summed E-state index contributed by atoms with van der Waals surface area (Å²) in [7, 11) is 0. The molecule has 8 nitrogen and oxygen atoms in total. The normalized spacial score (nSPS) is 11.3. The van der Waals surface area contributed by atoms with Crippen molar-refractivity contribution in [1.29, 1.82) is 0 Å². The first-order chi connectivity index (χ1) is 13.2. The van der Waals surface area contributed by atoms with E-state index in [0.717, 1.165) is 16.2 Å². The van der Waals surface area contributed by atoms with Crippen molar-refractivity contribution in [3.8, 4) is 11.3 Å². The number of nitrogens with one attached hydrogen (secondary N) is 1. The summed E-state index contributed by atoms with van der Waals surface area (Å²) >= 11 is 1.50. The highest BCUT2D eigenvalue weighted by atomic mass is 32.1. The maximum absolute atomic E-state index is 12.8. The van der Waals surface area contributed by atoms with Gasteiger partial charge < -0.3 is 5.32 Å². The van der Waals surface area contributed by atoms with Crippen molar-refractivity contribution >= 4 is 33.8 Å². The molecule has 132 valence electrons. The van der Waals surface area contributed by atoms with Gasteiger partial charge in [-0.1, -0.05) is 30.3 Å². The Kier molecular flexibility index (Phi) is 3.47. The van der Waals surface area contributed by atoms with Crippen molar-refractivity contribution in [3.05, 3.63) is 65.7 Å². The number of hydrogen-bond acceptors (Lipinski definition) is 6. The first-order valence-electron chi connectivity index (χ1n) is 8.21. The van der Waals surface area contributed by atoms with Crippen molar-refractivity contribution in [2.75, 3.05) is 5.32 Å². The van der Waals surface area contributed by atoms with Crippen LogP contribution in [0.2, 0.25) is 0 Å². The predicted octanol–water partition coefficient (Wildman–Crippen LogP) is 3.06. The van der Waals surface area contributed by atoms with Gasteiger partial charge in [-0.15, -0.1) is 16.4 Å². The molecule has 9 heteroatoms. The summed E-state index contributed by atoms with van der Waals surface area (Å²) < 4.78 is 3.40. The number of rotatable bonds is 3. The number of nitrogens with zero attached hydrogens (tertiary/aromatic N) is 6. The molecule has 0 saturated carbocycles. The number of aromatic nitrogens is 6. The van der Waals surface area contributed by atoms with Gasteiger partial charge in [-0.3, -0.25) is 9.20 Å². The van der Waals surface area contributed by atoms with Crippen LogP contribution >= 0.6 is 11.3 Å². The van der Waals surface area contributed by atoms with Crippen molar-refractivity contribution in [2.45, 2.75) is 6.92 Å². The molecule has 0 aliphatic carbocycles. The molecule has 0 aliphatic heterocycles. The quantitative estimate of drug-likeness (QED) is 0.523. The zero-order valence-electron chi connectivity index (χ0n) is 14.2. The Morgan fingerprint density at radius 1 is 1.15 bits per heavy atom. The van der Waals surface area contributed by atoms with Gasteiger partial charge in [-0.25, -0.2) is 14.5 Å². The number of imidazole rings is 1. The fourth-order valence-corrected chi connectivity index (χ4v) is 3.58. The largest absolute Gasteiger partial charge is 0.303 e. The van der Waals surface area contributed by atoms with Crippen LogP contribution < -0.4 is 5.32 Å². The van der Waals surface area contributed by atoms with E-state index in [-0.39, 0.29) is 5.82 Å². The van der Waals surface area contributed by atoms with Crippen molar-refractivity contribution < 1.29 is 4.79 Å². The second-order valence-corrected chi connectivity index (χ2v) is 6.79. The second kappa shape index (κ2) is 5.99. The van der Waals surface area contributed by atoms with E-state index in [1.54, 1.807) is 10.7 Å². The molecule has 0 aliphatic rings. The van der Waals surface area contributed by atoms with Gasteiger partial charge in [0.1, 0.15) is 11.5 Å². The average Bonchev–Trinajstić information content (AvgIpc) is 3.38. The monoisotopic (exact) mass is 375 g/mol. The molecule has 0 atom stereocenters. The molecule has 0 saturated heterocycles. The summed E-state index contributed by atoms with van der Waals surface area (Å²) in [6, 6.07) is 11.5. The van der Waals surface area contributed by atoms with Crippen LogP contribution in [-0.2, 0) is 0 Å². The molecule has 1 N–H and O–H groups in total. The standard InChI is InChI=1S/C18H13N7OS/c1-11-7-8-19-17-21-14(23-25(11)17)16(26)22-15-13(12-5-3-2-4-6-12)20-18-24(15)9-10-27-18/h2-10H,1H3,(H,22,26). The fraction of sp³-hybridized carbons (Fsp3) is 0.0556. The fourth-order valence-electron chi connectivity index (χ4n) is 2.87. The Labute approximate surface area is 157 Å². The van der Waals surface area contributed by atoms with Gasteiger partial charge in [0.2, 0.25) is 5.82 Å². The molecule has 0 spiro atoms. The molecule has 0 unspecified atom stereocenters. The Balaban J connectivity index is 1.58. The van der Waals surface area contributed by atoms with Crippen LogP contribution in [0, 0.1) is 6.92 Å². The lowest BCUT2D eigenvalue weighted by Gasteiger charge is -2.05. The highest BCUT2D eigenvalue weighted by molar-refractivity contribution is 7.15. The van der Waals surface area contributed by atoms with Crippen LogP contribution in [0.15, 0.2) is 54.2 Å². The third-order valence-corrected chi connectivity index (χ3v) is 4.93. The highest BCUT2D eigenvalue weighted by Crippen LogP contribution is 2.30. The lowest BCUT2D eigenvalue weighted by molar-refractivity contribution is 0.101. The SMILES string of the molecule is Cc1ccnc2nc(C(=O)Nc3c(-c4ccccc4)nc4sccn34)nn12. The first kappa shape index (κ1) is 15.6. The number of fused-ring (bicyclic) bond motifs is 2. The maximum atomic E-state index is 12.8. The number of benzene rings is 1. The predicted molar refractivity (Wildman–Crippen MR) is 102 cm³/mol. The lowest BCUT2D eigenvalue weighted by Crippen LogP contribution is -2.15. The number of amides is 1. The minimum Gasteiger partial charge on any atom is -0.303 e. The second-order valence-electron chi connectivity index (χ2n) is 5.92. The molecule has 0 bridgehead atoms. The average molecular weight is 375 g/mol. The summed E-state index contributed by atoms with van der Waals surface area (Å²) in [5, 5.41) is 9.10. The molecule has 1 aromatic carbocycles. The molecule has 5 aromatic rings. The molecule has 4 aromatic heterocycles. The van der Waals surface area contributed by atoms with Gasteiger partial charge in [0.25, 0.3) is 11.7 Å². The van der Waals surface area contributed by atoms with E-state index in [1.807, 2.05) is 59.3 Å². The van der Waals surface area contributed by atoms with E-state index in [9.17, 15) is 4.79 Å². The molecular weight excluding hydrogens is 362 g/mol. The topological polar surface area (TPSA) is 89.5 Å². The van der Waals surface area contributed by atoms with E-state index >= 15 is 0 Å². The van der Waals surface area contributed by atoms with Crippen LogP contribution in [0.3, 0.4) is 0 Å². The van der Waals surface area contributed by atoms with E-state index in [0.29, 0.717) is 17.3 Å². The molecule has 4 heterocycles. The van der Waals surface area contributed by atoms with Crippen LogP contribution in [0.5, 0.6) is 0 Å². The minimum absolute atomic E-state index is 0.0565. The summed E-state index contributed by atoms with van der Waals surface area (Å²) in [4.78, 5) is 26.6. The smallest absolute Gasteiger partial charge is 0.296 e. The van der Waals surface area contributed by atoms with Crippen molar-refractivity contribution in [1.82, 2.24) is 29.0 Å². The Morgan fingerprint density at radius 3 is 2.81 bits per heavy atom. The van der Waals surface area contributed by atoms with Crippen LogP contribution in [0.4, 0.5) is 5.82 Å². The minimum atomic E-state index is -0.412. The summed E-state index contributed by atoms with van der Waals surface area (Å²) in [5.74, 6) is 0.620. The number of hydrogen-bond donors (Lipinski definition) is 1. The van der Waals surface area contributed by atoms with Gasteiger partial charge in [0, 0.05) is 29.0 Å². The number of carbonyl (C=O) groups is 1. The zero-order chi connectivity index (χ0) is 18.4. The molecule has 0 radical (unpaired) electrons. The number of anilines is 1. The van der Waals surface area contributed by atoms with Gasteiger partial charge in [-0.2, -0.15) is 4.98 Å². The molecule has 5 rings (SSSR count). The van der Waals surface area contributed by atoms with E-state index in [1.165, 1.54) is 11.3 Å². The summed E-state index contributed by atoms with van der Waals surface area (Å²) in [6.07, 6.45) is 3.51. The van der Waals surface area contributed by atoms with Crippen LogP contribution in [-0.4, -0.2) is 34.9 Å². The first-order valence-corrected chi connectivity index (χ1v) is 9.09. The summed E-state index contributed by atoms with van der Waals surface area (Å²) in [6.45, 7) is 1.88. The molecule has 0 fully saturated rings. The summed E-state index contributed by atoms with van der Waals surface area (Å²) in [5.41, 5.74) is 2.47. The maximum Gasteiger partial charge on any atom is 0.296 e. The van der Waals surface area contributed by atoms with Crippen LogP contribution in [0.25, 0.3) is 22.0 Å². The molecule has 27 heavy (non-hydrogen) atoms. The Hall–Kier alpha value is -3.59. The number of carbonyl (C=O) groups excluding carboxylic acids is 1.